The molecule has 5 heteroatoms. The number of methoxy groups -OCH3 is 1. The van der Waals surface area contributed by atoms with Crippen LogP contribution in [0.4, 0.5) is 0 Å². The van der Waals surface area contributed by atoms with E-state index in [9.17, 15) is 4.79 Å². The van der Waals surface area contributed by atoms with Crippen LogP contribution in [-0.2, 0) is 4.79 Å². The fraction of sp³-hybridized carbons (Fsp3) is 0.533. The van der Waals surface area contributed by atoms with Crippen molar-refractivity contribution >= 4 is 5.91 Å². The number of amides is 1. The van der Waals surface area contributed by atoms with Crippen LogP contribution in [-0.4, -0.2) is 38.6 Å². The Balaban J connectivity index is 2.59. The van der Waals surface area contributed by atoms with E-state index in [0.717, 1.165) is 17.1 Å². The number of ether oxygens (including phenoxy) is 2. The highest BCUT2D eigenvalue weighted by molar-refractivity contribution is 5.75. The summed E-state index contributed by atoms with van der Waals surface area (Å²) in [4.78, 5) is 13.0. The van der Waals surface area contributed by atoms with Crippen LogP contribution in [0.15, 0.2) is 18.2 Å². The Bertz CT molecular complexity index is 445. The number of rotatable bonds is 7. The van der Waals surface area contributed by atoms with Crippen molar-refractivity contribution in [3.8, 4) is 11.5 Å². The topological polar surface area (TPSA) is 64.8 Å². The predicted octanol–water partition coefficient (Wildman–Crippen LogP) is 1.96. The van der Waals surface area contributed by atoms with E-state index in [4.69, 9.17) is 15.2 Å². The van der Waals surface area contributed by atoms with Gasteiger partial charge in [-0.25, -0.2) is 0 Å². The van der Waals surface area contributed by atoms with Crippen LogP contribution in [0.3, 0.4) is 0 Å². The Labute approximate surface area is 120 Å². The molecular weight excluding hydrogens is 256 g/mol. The number of hydrogen-bond acceptors (Lipinski definition) is 4. The minimum Gasteiger partial charge on any atom is -0.497 e. The van der Waals surface area contributed by atoms with E-state index in [1.165, 1.54) is 0 Å². The summed E-state index contributed by atoms with van der Waals surface area (Å²) in [7, 11) is 5.11. The van der Waals surface area contributed by atoms with Gasteiger partial charge in [0, 0.05) is 38.2 Å². The molecule has 0 fully saturated rings. The van der Waals surface area contributed by atoms with Crippen molar-refractivity contribution in [3.05, 3.63) is 23.8 Å². The Morgan fingerprint density at radius 2 is 2.10 bits per heavy atom. The van der Waals surface area contributed by atoms with Gasteiger partial charge < -0.3 is 20.1 Å². The summed E-state index contributed by atoms with van der Waals surface area (Å²) in [5.41, 5.74) is 6.85. The third kappa shape index (κ3) is 4.74. The summed E-state index contributed by atoms with van der Waals surface area (Å²) < 4.78 is 10.9. The number of carbonyl (C=O) groups is 1. The zero-order chi connectivity index (χ0) is 15.1. The van der Waals surface area contributed by atoms with Crippen molar-refractivity contribution < 1.29 is 14.3 Å². The molecule has 1 amide bonds. The lowest BCUT2D eigenvalue weighted by molar-refractivity contribution is -0.128. The van der Waals surface area contributed by atoms with E-state index in [1.54, 1.807) is 26.1 Å². The predicted molar refractivity (Wildman–Crippen MR) is 79.0 cm³/mol. The van der Waals surface area contributed by atoms with Gasteiger partial charge in [0.05, 0.1) is 13.7 Å². The molecule has 20 heavy (non-hydrogen) atoms. The van der Waals surface area contributed by atoms with Crippen LogP contribution in [0, 0.1) is 0 Å². The standard InChI is InChI=1S/C15H24N2O3/c1-11(16)13-8-7-12(19-4)10-14(13)20-9-5-6-15(18)17(2)3/h7-8,10-11H,5-6,9,16H2,1-4H3. The van der Waals surface area contributed by atoms with Gasteiger partial charge in [0.25, 0.3) is 0 Å². The second-order valence-corrected chi connectivity index (χ2v) is 4.93. The first-order valence-corrected chi connectivity index (χ1v) is 6.72. The Kier molecular flexibility index (Phi) is 6.31. The minimum atomic E-state index is -0.112. The first kappa shape index (κ1) is 16.3. The zero-order valence-corrected chi connectivity index (χ0v) is 12.7. The summed E-state index contributed by atoms with van der Waals surface area (Å²) in [6.07, 6.45) is 1.15. The summed E-state index contributed by atoms with van der Waals surface area (Å²) in [5, 5.41) is 0. The number of benzene rings is 1. The highest BCUT2D eigenvalue weighted by Crippen LogP contribution is 2.28. The van der Waals surface area contributed by atoms with E-state index in [1.807, 2.05) is 25.1 Å². The van der Waals surface area contributed by atoms with Crippen molar-refractivity contribution in [2.24, 2.45) is 5.73 Å². The van der Waals surface area contributed by atoms with Gasteiger partial charge in [-0.2, -0.15) is 0 Å². The first-order chi connectivity index (χ1) is 9.45. The van der Waals surface area contributed by atoms with Crippen molar-refractivity contribution in [1.82, 2.24) is 4.90 Å². The highest BCUT2D eigenvalue weighted by atomic mass is 16.5. The van der Waals surface area contributed by atoms with Crippen LogP contribution < -0.4 is 15.2 Å². The molecule has 1 rings (SSSR count). The van der Waals surface area contributed by atoms with Crippen molar-refractivity contribution in [3.63, 3.8) is 0 Å². The van der Waals surface area contributed by atoms with E-state index in [2.05, 4.69) is 0 Å². The molecular formula is C15H24N2O3. The summed E-state index contributed by atoms with van der Waals surface area (Å²) in [6.45, 7) is 2.39. The van der Waals surface area contributed by atoms with E-state index in [-0.39, 0.29) is 11.9 Å². The number of nitrogens with two attached hydrogens (primary N) is 1. The van der Waals surface area contributed by atoms with Gasteiger partial charge in [0.2, 0.25) is 5.91 Å². The van der Waals surface area contributed by atoms with Gasteiger partial charge in [-0.15, -0.1) is 0 Å². The summed E-state index contributed by atoms with van der Waals surface area (Å²) in [6, 6.07) is 5.48. The quantitative estimate of drug-likeness (QED) is 0.775. The van der Waals surface area contributed by atoms with Crippen molar-refractivity contribution in [2.45, 2.75) is 25.8 Å². The SMILES string of the molecule is COc1ccc(C(C)N)c(OCCCC(=O)N(C)C)c1. The lowest BCUT2D eigenvalue weighted by Gasteiger charge is -2.15. The second kappa shape index (κ2) is 7.75. The second-order valence-electron chi connectivity index (χ2n) is 4.93. The number of carbonyl (C=O) groups excluding carboxylic acids is 1. The molecule has 0 aliphatic heterocycles. The summed E-state index contributed by atoms with van der Waals surface area (Å²) in [5.74, 6) is 1.55. The fourth-order valence-electron chi connectivity index (χ4n) is 1.77. The van der Waals surface area contributed by atoms with Gasteiger partial charge in [-0.3, -0.25) is 4.79 Å². The molecule has 0 heterocycles. The van der Waals surface area contributed by atoms with Crippen LogP contribution in [0.1, 0.15) is 31.4 Å². The van der Waals surface area contributed by atoms with Gasteiger partial charge in [0.15, 0.2) is 0 Å². The maximum Gasteiger partial charge on any atom is 0.222 e. The largest absolute Gasteiger partial charge is 0.497 e. The Hall–Kier alpha value is -1.75. The molecule has 0 saturated carbocycles. The van der Waals surface area contributed by atoms with E-state index >= 15 is 0 Å². The molecule has 1 atom stereocenters. The van der Waals surface area contributed by atoms with Crippen LogP contribution in [0.25, 0.3) is 0 Å². The molecule has 5 nitrogen and oxygen atoms in total. The highest BCUT2D eigenvalue weighted by Gasteiger charge is 2.10. The minimum absolute atomic E-state index is 0.103. The molecule has 0 radical (unpaired) electrons. The molecule has 1 aromatic carbocycles. The molecule has 0 aromatic heterocycles. The Morgan fingerprint density at radius 3 is 2.65 bits per heavy atom. The van der Waals surface area contributed by atoms with E-state index < -0.39 is 0 Å². The van der Waals surface area contributed by atoms with Gasteiger partial charge in [-0.1, -0.05) is 6.07 Å². The lowest BCUT2D eigenvalue weighted by Crippen LogP contribution is -2.21. The number of hydrogen-bond donors (Lipinski definition) is 1. The molecule has 2 N–H and O–H groups in total. The normalized spacial score (nSPS) is 11.8. The third-order valence-corrected chi connectivity index (χ3v) is 3.00. The van der Waals surface area contributed by atoms with Gasteiger partial charge in [-0.05, 0) is 19.4 Å². The molecule has 0 spiro atoms. The Morgan fingerprint density at radius 1 is 1.40 bits per heavy atom. The molecule has 1 unspecified atom stereocenters. The molecule has 0 aliphatic carbocycles. The maximum atomic E-state index is 11.5. The molecule has 112 valence electrons. The lowest BCUT2D eigenvalue weighted by atomic mass is 10.1. The van der Waals surface area contributed by atoms with E-state index in [0.29, 0.717) is 19.4 Å². The van der Waals surface area contributed by atoms with Crippen LogP contribution in [0.5, 0.6) is 11.5 Å². The molecule has 0 aliphatic rings. The molecule has 1 aromatic rings. The van der Waals surface area contributed by atoms with Gasteiger partial charge >= 0.3 is 0 Å². The van der Waals surface area contributed by atoms with Crippen LogP contribution >= 0.6 is 0 Å². The smallest absolute Gasteiger partial charge is 0.222 e. The first-order valence-electron chi connectivity index (χ1n) is 6.72. The third-order valence-electron chi connectivity index (χ3n) is 3.00. The molecule has 0 saturated heterocycles. The zero-order valence-electron chi connectivity index (χ0n) is 12.7. The average molecular weight is 280 g/mol. The number of nitrogens with zero attached hydrogens (tertiary/aromatic N) is 1. The average Bonchev–Trinajstić information content (AvgIpc) is 2.42. The van der Waals surface area contributed by atoms with Crippen molar-refractivity contribution in [1.29, 1.82) is 0 Å². The maximum absolute atomic E-state index is 11.5. The monoisotopic (exact) mass is 280 g/mol. The van der Waals surface area contributed by atoms with Crippen molar-refractivity contribution in [2.75, 3.05) is 27.8 Å². The fourth-order valence-corrected chi connectivity index (χ4v) is 1.77. The van der Waals surface area contributed by atoms with Gasteiger partial charge in [0.1, 0.15) is 11.5 Å². The molecule has 0 bridgehead atoms. The van der Waals surface area contributed by atoms with Crippen LogP contribution in [0.2, 0.25) is 0 Å². The summed E-state index contributed by atoms with van der Waals surface area (Å²) >= 11 is 0.